The monoisotopic (exact) mass is 307 g/mol. The van der Waals surface area contributed by atoms with Crippen LogP contribution in [0.1, 0.15) is 22.5 Å². The number of hydrogen-bond donors (Lipinski definition) is 0. The fourth-order valence-corrected chi connectivity index (χ4v) is 3.53. The first-order valence-electron chi connectivity index (χ1n) is 4.85. The molecule has 2 nitrogen and oxygen atoms in total. The molecule has 82 valence electrons. The fraction of sp³-hybridized carbons (Fsp3) is 0.500. The lowest BCUT2D eigenvalue weighted by atomic mass is 10.1. The van der Waals surface area contributed by atoms with Crippen molar-refractivity contribution in [1.82, 2.24) is 4.90 Å². The average molecular weight is 309 g/mol. The Morgan fingerprint density at radius 2 is 2.47 bits per heavy atom. The second-order valence-electron chi connectivity index (χ2n) is 3.59. The Morgan fingerprint density at radius 1 is 1.67 bits per heavy atom. The lowest BCUT2D eigenvalue weighted by Crippen LogP contribution is -2.40. The Bertz CT molecular complexity index is 368. The smallest absolute Gasteiger partial charge is 0.265 e. The molecule has 1 aromatic heterocycles. The van der Waals surface area contributed by atoms with Crippen molar-refractivity contribution in [3.8, 4) is 0 Å². The van der Waals surface area contributed by atoms with Gasteiger partial charge < -0.3 is 4.90 Å². The molecule has 15 heavy (non-hydrogen) atoms. The lowest BCUT2D eigenvalue weighted by molar-refractivity contribution is 0.0731. The molecule has 0 N–H and O–H groups in total. The van der Waals surface area contributed by atoms with Gasteiger partial charge in [0, 0.05) is 17.6 Å². The molecule has 5 heteroatoms. The zero-order valence-electron chi connectivity index (χ0n) is 8.08. The largest absolute Gasteiger partial charge is 0.336 e. The van der Waals surface area contributed by atoms with Crippen LogP contribution in [0.3, 0.4) is 0 Å². The van der Waals surface area contributed by atoms with Crippen molar-refractivity contribution >= 4 is 44.8 Å². The highest BCUT2D eigenvalue weighted by molar-refractivity contribution is 9.10. The molecule has 0 aromatic carbocycles. The van der Waals surface area contributed by atoms with E-state index in [0.717, 1.165) is 28.7 Å². The molecule has 1 unspecified atom stereocenters. The number of carbonyl (C=O) groups excluding carboxylic acids is 1. The number of hydrogen-bond acceptors (Lipinski definition) is 2. The number of alkyl halides is 1. The molecule has 1 aliphatic heterocycles. The molecule has 0 spiro atoms. The van der Waals surface area contributed by atoms with Crippen LogP contribution in [0.15, 0.2) is 15.9 Å². The van der Waals surface area contributed by atoms with Crippen LogP contribution in [0, 0.1) is 0 Å². The van der Waals surface area contributed by atoms with Crippen molar-refractivity contribution in [2.45, 2.75) is 18.2 Å². The van der Waals surface area contributed by atoms with Crippen molar-refractivity contribution < 1.29 is 4.79 Å². The van der Waals surface area contributed by atoms with Crippen LogP contribution in [0.25, 0.3) is 0 Å². The minimum atomic E-state index is 0.0993. The summed E-state index contributed by atoms with van der Waals surface area (Å²) in [4.78, 5) is 14.7. The van der Waals surface area contributed by atoms with Gasteiger partial charge in [0.2, 0.25) is 0 Å². The maximum absolute atomic E-state index is 12.1. The zero-order chi connectivity index (χ0) is 10.8. The summed E-state index contributed by atoms with van der Waals surface area (Å²) >= 11 is 10.9. The zero-order valence-corrected chi connectivity index (χ0v) is 11.2. The number of likely N-dealkylation sites (tertiary alicyclic amines) is 1. The first kappa shape index (κ1) is 11.4. The van der Waals surface area contributed by atoms with Gasteiger partial charge in [0.05, 0.1) is 5.38 Å². The Morgan fingerprint density at radius 3 is 3.07 bits per heavy atom. The molecule has 2 heterocycles. The highest BCUT2D eigenvalue weighted by Crippen LogP contribution is 2.26. The van der Waals surface area contributed by atoms with Gasteiger partial charge in [0.15, 0.2) is 0 Å². The van der Waals surface area contributed by atoms with Crippen LogP contribution < -0.4 is 0 Å². The Balaban J connectivity index is 2.11. The number of halogens is 2. The minimum absolute atomic E-state index is 0.0993. The molecule has 1 saturated heterocycles. The van der Waals surface area contributed by atoms with Crippen LogP contribution in [-0.4, -0.2) is 29.3 Å². The van der Waals surface area contributed by atoms with Gasteiger partial charge in [0.1, 0.15) is 4.88 Å². The maximum Gasteiger partial charge on any atom is 0.265 e. The highest BCUT2D eigenvalue weighted by atomic mass is 79.9. The van der Waals surface area contributed by atoms with E-state index in [1.54, 1.807) is 0 Å². The van der Waals surface area contributed by atoms with Gasteiger partial charge in [0.25, 0.3) is 5.91 Å². The highest BCUT2D eigenvalue weighted by Gasteiger charge is 2.24. The summed E-state index contributed by atoms with van der Waals surface area (Å²) in [6.45, 7) is 1.50. The average Bonchev–Trinajstić information content (AvgIpc) is 2.63. The molecule has 0 saturated carbocycles. The summed E-state index contributed by atoms with van der Waals surface area (Å²) in [5.74, 6) is 0.0993. The topological polar surface area (TPSA) is 20.3 Å². The van der Waals surface area contributed by atoms with Crippen LogP contribution in [0.4, 0.5) is 0 Å². The number of piperidine rings is 1. The van der Waals surface area contributed by atoms with Gasteiger partial charge in [-0.15, -0.1) is 22.9 Å². The Labute approximate surface area is 106 Å². The number of rotatable bonds is 1. The lowest BCUT2D eigenvalue weighted by Gasteiger charge is -2.29. The van der Waals surface area contributed by atoms with E-state index in [1.165, 1.54) is 11.3 Å². The van der Waals surface area contributed by atoms with Crippen molar-refractivity contribution in [2.75, 3.05) is 13.1 Å². The second kappa shape index (κ2) is 4.85. The molecule has 0 bridgehead atoms. The van der Waals surface area contributed by atoms with Crippen molar-refractivity contribution in [2.24, 2.45) is 0 Å². The van der Waals surface area contributed by atoms with Gasteiger partial charge in [-0.1, -0.05) is 0 Å². The summed E-state index contributed by atoms with van der Waals surface area (Å²) in [5, 5.41) is 2.03. The van der Waals surface area contributed by atoms with Gasteiger partial charge in [-0.25, -0.2) is 0 Å². The Kier molecular flexibility index (Phi) is 3.69. The standard InChI is InChI=1S/C10H11BrClNOS/c11-8-3-5-15-9(8)10(14)13-4-1-2-7(12)6-13/h3,5,7H,1-2,4,6H2. The second-order valence-corrected chi connectivity index (χ2v) is 5.98. The first-order chi connectivity index (χ1) is 7.18. The maximum atomic E-state index is 12.1. The van der Waals surface area contributed by atoms with Gasteiger partial charge in [-0.05, 0) is 40.2 Å². The summed E-state index contributed by atoms with van der Waals surface area (Å²) in [5.41, 5.74) is 0. The van der Waals surface area contributed by atoms with E-state index >= 15 is 0 Å². The van der Waals surface area contributed by atoms with Crippen LogP contribution in [0.5, 0.6) is 0 Å². The number of nitrogens with zero attached hydrogens (tertiary/aromatic N) is 1. The SMILES string of the molecule is O=C(c1sccc1Br)N1CCCC(Cl)C1. The Hall–Kier alpha value is -0.0600. The first-order valence-corrected chi connectivity index (χ1v) is 6.95. The van der Waals surface area contributed by atoms with Crippen LogP contribution in [-0.2, 0) is 0 Å². The molecule has 0 aliphatic carbocycles. The minimum Gasteiger partial charge on any atom is -0.336 e. The third-order valence-electron chi connectivity index (χ3n) is 2.46. The van der Waals surface area contributed by atoms with E-state index < -0.39 is 0 Å². The van der Waals surface area contributed by atoms with Crippen molar-refractivity contribution in [3.05, 3.63) is 20.8 Å². The number of thiophene rings is 1. The van der Waals surface area contributed by atoms with E-state index in [9.17, 15) is 4.79 Å². The molecule has 1 fully saturated rings. The van der Waals surface area contributed by atoms with Crippen molar-refractivity contribution in [3.63, 3.8) is 0 Å². The van der Waals surface area contributed by atoms with Crippen molar-refractivity contribution in [1.29, 1.82) is 0 Å². The molecule has 2 rings (SSSR count). The number of carbonyl (C=O) groups is 1. The molecule has 1 atom stereocenters. The summed E-state index contributed by atoms with van der Waals surface area (Å²) in [6, 6.07) is 1.90. The van der Waals surface area contributed by atoms with E-state index in [0.29, 0.717) is 6.54 Å². The van der Waals surface area contributed by atoms with E-state index in [4.69, 9.17) is 11.6 Å². The predicted molar refractivity (Wildman–Crippen MR) is 66.8 cm³/mol. The molecule has 1 amide bonds. The van der Waals surface area contributed by atoms with E-state index in [2.05, 4.69) is 15.9 Å². The van der Waals surface area contributed by atoms with Crippen LogP contribution >= 0.6 is 38.9 Å². The van der Waals surface area contributed by atoms with Gasteiger partial charge in [-0.2, -0.15) is 0 Å². The van der Waals surface area contributed by atoms with Gasteiger partial charge >= 0.3 is 0 Å². The van der Waals surface area contributed by atoms with Gasteiger partial charge in [-0.3, -0.25) is 4.79 Å². The summed E-state index contributed by atoms with van der Waals surface area (Å²) in [6.07, 6.45) is 2.01. The number of amides is 1. The molecular weight excluding hydrogens is 298 g/mol. The third kappa shape index (κ3) is 2.55. The summed E-state index contributed by atoms with van der Waals surface area (Å²) < 4.78 is 0.884. The molecule has 1 aliphatic rings. The fourth-order valence-electron chi connectivity index (χ4n) is 1.70. The normalized spacial score (nSPS) is 21.7. The van der Waals surface area contributed by atoms with Crippen LogP contribution in [0.2, 0.25) is 0 Å². The molecule has 1 aromatic rings. The molecule has 0 radical (unpaired) electrons. The van der Waals surface area contributed by atoms with E-state index in [1.807, 2.05) is 16.3 Å². The quantitative estimate of drug-likeness (QED) is 0.729. The summed E-state index contributed by atoms with van der Waals surface area (Å²) in [7, 11) is 0. The predicted octanol–water partition coefficient (Wildman–Crippen LogP) is 3.35. The third-order valence-corrected chi connectivity index (χ3v) is 4.64. The molecular formula is C10H11BrClNOS. The van der Waals surface area contributed by atoms with E-state index in [-0.39, 0.29) is 11.3 Å².